The number of thiazole rings is 1. The molecule has 0 saturated carbocycles. The van der Waals surface area contributed by atoms with Gasteiger partial charge in [0.2, 0.25) is 5.91 Å². The number of methoxy groups -OCH3 is 2. The number of amides is 1. The van der Waals surface area contributed by atoms with Gasteiger partial charge < -0.3 is 20.5 Å². The van der Waals surface area contributed by atoms with E-state index in [0.29, 0.717) is 23.1 Å². The zero-order valence-electron chi connectivity index (χ0n) is 13.5. The Labute approximate surface area is 139 Å². The lowest BCUT2D eigenvalue weighted by Crippen LogP contribution is -2.35. The molecule has 7 heteroatoms. The van der Waals surface area contributed by atoms with Crippen LogP contribution in [0.15, 0.2) is 23.6 Å². The van der Waals surface area contributed by atoms with Crippen molar-refractivity contribution in [2.75, 3.05) is 19.5 Å². The third kappa shape index (κ3) is 4.20. The fraction of sp³-hybridized carbons (Fsp3) is 0.375. The van der Waals surface area contributed by atoms with Gasteiger partial charge in [-0.05, 0) is 24.6 Å². The fourth-order valence-corrected chi connectivity index (χ4v) is 2.82. The lowest BCUT2D eigenvalue weighted by molar-refractivity contribution is -0.117. The summed E-state index contributed by atoms with van der Waals surface area (Å²) in [4.78, 5) is 16.4. The predicted octanol–water partition coefficient (Wildman–Crippen LogP) is 2.89. The Morgan fingerprint density at radius 2 is 2.09 bits per heavy atom. The number of benzene rings is 1. The molecule has 1 amide bonds. The van der Waals surface area contributed by atoms with Crippen LogP contribution < -0.4 is 20.5 Å². The maximum atomic E-state index is 11.9. The molecule has 1 heterocycles. The summed E-state index contributed by atoms with van der Waals surface area (Å²) in [6, 6.07) is 5.06. The number of hydrogen-bond acceptors (Lipinski definition) is 6. The molecule has 1 atom stereocenters. The number of ether oxygens (including phenoxy) is 2. The van der Waals surface area contributed by atoms with Gasteiger partial charge in [-0.2, -0.15) is 0 Å². The normalized spacial score (nSPS) is 11.8. The molecule has 2 rings (SSSR count). The quantitative estimate of drug-likeness (QED) is 0.812. The molecule has 6 nitrogen and oxygen atoms in total. The first-order valence-corrected chi connectivity index (χ1v) is 8.21. The number of aromatic nitrogens is 1. The fourth-order valence-electron chi connectivity index (χ4n) is 2.10. The first-order valence-electron chi connectivity index (χ1n) is 7.33. The number of carbonyl (C=O) groups is 1. The number of nitrogens with one attached hydrogen (secondary N) is 1. The largest absolute Gasteiger partial charge is 0.493 e. The van der Waals surface area contributed by atoms with Gasteiger partial charge in [-0.1, -0.05) is 13.3 Å². The van der Waals surface area contributed by atoms with E-state index < -0.39 is 6.04 Å². The number of rotatable bonds is 7. The summed E-state index contributed by atoms with van der Waals surface area (Å²) >= 11 is 1.36. The Morgan fingerprint density at radius 1 is 1.35 bits per heavy atom. The second-order valence-corrected chi connectivity index (χ2v) is 5.85. The molecule has 0 saturated heterocycles. The minimum Gasteiger partial charge on any atom is -0.493 e. The molecule has 0 fully saturated rings. The molecule has 1 aromatic carbocycles. The van der Waals surface area contributed by atoms with E-state index in [-0.39, 0.29) is 5.91 Å². The molecule has 3 N–H and O–H groups in total. The van der Waals surface area contributed by atoms with Crippen LogP contribution >= 0.6 is 11.3 Å². The highest BCUT2D eigenvalue weighted by atomic mass is 32.1. The van der Waals surface area contributed by atoms with Crippen LogP contribution in [0.3, 0.4) is 0 Å². The molecule has 124 valence electrons. The Bertz CT molecular complexity index is 672. The zero-order valence-corrected chi connectivity index (χ0v) is 14.3. The third-order valence-corrected chi connectivity index (χ3v) is 4.11. The molecule has 23 heavy (non-hydrogen) atoms. The van der Waals surface area contributed by atoms with Crippen molar-refractivity contribution in [3.8, 4) is 22.8 Å². The molecule has 0 bridgehead atoms. The van der Waals surface area contributed by atoms with Gasteiger partial charge in [0, 0.05) is 10.9 Å². The van der Waals surface area contributed by atoms with E-state index in [2.05, 4.69) is 10.3 Å². The van der Waals surface area contributed by atoms with Gasteiger partial charge in [0.05, 0.1) is 26.0 Å². The summed E-state index contributed by atoms with van der Waals surface area (Å²) < 4.78 is 10.5. The molecule has 0 radical (unpaired) electrons. The Balaban J connectivity index is 2.14. The van der Waals surface area contributed by atoms with Crippen molar-refractivity contribution in [1.29, 1.82) is 0 Å². The molecule has 0 aliphatic heterocycles. The van der Waals surface area contributed by atoms with Gasteiger partial charge in [0.1, 0.15) is 0 Å². The molecule has 1 unspecified atom stereocenters. The van der Waals surface area contributed by atoms with Crippen LogP contribution in [0.1, 0.15) is 19.8 Å². The van der Waals surface area contributed by atoms with Gasteiger partial charge in [-0.15, -0.1) is 11.3 Å². The summed E-state index contributed by atoms with van der Waals surface area (Å²) in [5.41, 5.74) is 7.44. The predicted molar refractivity (Wildman–Crippen MR) is 92.2 cm³/mol. The lowest BCUT2D eigenvalue weighted by atomic mass is 10.1. The first-order chi connectivity index (χ1) is 11.1. The minimum absolute atomic E-state index is 0.208. The van der Waals surface area contributed by atoms with E-state index >= 15 is 0 Å². The SMILES string of the molecule is CCCC(N)C(=O)Nc1nc(-c2ccc(OC)c(OC)c2)cs1. The van der Waals surface area contributed by atoms with Crippen molar-refractivity contribution in [2.24, 2.45) is 5.73 Å². The molecular formula is C16H21N3O3S. The second-order valence-electron chi connectivity index (χ2n) is 4.99. The number of carbonyl (C=O) groups excluding carboxylic acids is 1. The van der Waals surface area contributed by atoms with E-state index in [9.17, 15) is 4.79 Å². The van der Waals surface area contributed by atoms with Crippen LogP contribution in [0.25, 0.3) is 11.3 Å². The van der Waals surface area contributed by atoms with Crippen molar-refractivity contribution in [3.05, 3.63) is 23.6 Å². The molecular weight excluding hydrogens is 314 g/mol. The molecule has 0 aliphatic carbocycles. The van der Waals surface area contributed by atoms with E-state index in [1.807, 2.05) is 30.5 Å². The summed E-state index contributed by atoms with van der Waals surface area (Å²) in [5, 5.41) is 5.17. The van der Waals surface area contributed by atoms with Crippen LogP contribution in [0, 0.1) is 0 Å². The van der Waals surface area contributed by atoms with Crippen molar-refractivity contribution in [1.82, 2.24) is 4.98 Å². The molecule has 2 aromatic rings. The Morgan fingerprint density at radius 3 is 2.74 bits per heavy atom. The summed E-state index contributed by atoms with van der Waals surface area (Å²) in [6.07, 6.45) is 1.52. The third-order valence-electron chi connectivity index (χ3n) is 3.35. The Hall–Kier alpha value is -2.12. The lowest BCUT2D eigenvalue weighted by Gasteiger charge is -2.09. The second kappa shape index (κ2) is 7.94. The van der Waals surface area contributed by atoms with Crippen LogP contribution in [-0.4, -0.2) is 31.2 Å². The van der Waals surface area contributed by atoms with E-state index in [1.165, 1.54) is 11.3 Å². The van der Waals surface area contributed by atoms with Gasteiger partial charge in [0.15, 0.2) is 16.6 Å². The average Bonchev–Trinajstić information content (AvgIpc) is 3.02. The van der Waals surface area contributed by atoms with Crippen LogP contribution in [0.4, 0.5) is 5.13 Å². The number of anilines is 1. The van der Waals surface area contributed by atoms with Gasteiger partial charge in [0.25, 0.3) is 0 Å². The maximum Gasteiger partial charge on any atom is 0.243 e. The van der Waals surface area contributed by atoms with Gasteiger partial charge in [-0.3, -0.25) is 4.79 Å². The van der Waals surface area contributed by atoms with E-state index in [1.54, 1.807) is 14.2 Å². The van der Waals surface area contributed by atoms with Crippen molar-refractivity contribution in [3.63, 3.8) is 0 Å². The summed E-state index contributed by atoms with van der Waals surface area (Å²) in [7, 11) is 3.18. The standard InChI is InChI=1S/C16H21N3O3S/c1-4-5-11(17)15(20)19-16-18-12(9-23-16)10-6-7-13(21-2)14(8-10)22-3/h6-9,11H,4-5,17H2,1-3H3,(H,18,19,20). The minimum atomic E-state index is -0.506. The van der Waals surface area contributed by atoms with E-state index in [0.717, 1.165) is 17.7 Å². The molecule has 0 aliphatic rings. The summed E-state index contributed by atoms with van der Waals surface area (Å²) in [5.74, 6) is 1.08. The Kier molecular flexibility index (Phi) is 5.95. The first kappa shape index (κ1) is 17.2. The average molecular weight is 335 g/mol. The topological polar surface area (TPSA) is 86.5 Å². The number of nitrogens with zero attached hydrogens (tertiary/aromatic N) is 1. The van der Waals surface area contributed by atoms with Crippen molar-refractivity contribution < 1.29 is 14.3 Å². The number of nitrogens with two attached hydrogens (primary N) is 1. The number of hydrogen-bond donors (Lipinski definition) is 2. The highest BCUT2D eigenvalue weighted by molar-refractivity contribution is 7.14. The highest BCUT2D eigenvalue weighted by Crippen LogP contribution is 2.33. The zero-order chi connectivity index (χ0) is 16.8. The van der Waals surface area contributed by atoms with Gasteiger partial charge >= 0.3 is 0 Å². The smallest absolute Gasteiger partial charge is 0.243 e. The monoisotopic (exact) mass is 335 g/mol. The van der Waals surface area contributed by atoms with Crippen LogP contribution in [0.2, 0.25) is 0 Å². The maximum absolute atomic E-state index is 11.9. The molecule has 0 spiro atoms. The molecule has 1 aromatic heterocycles. The van der Waals surface area contributed by atoms with Crippen LogP contribution in [-0.2, 0) is 4.79 Å². The highest BCUT2D eigenvalue weighted by Gasteiger charge is 2.15. The van der Waals surface area contributed by atoms with Crippen molar-refractivity contribution in [2.45, 2.75) is 25.8 Å². The van der Waals surface area contributed by atoms with Gasteiger partial charge in [-0.25, -0.2) is 4.98 Å². The van der Waals surface area contributed by atoms with Crippen LogP contribution in [0.5, 0.6) is 11.5 Å². The van der Waals surface area contributed by atoms with E-state index in [4.69, 9.17) is 15.2 Å². The summed E-state index contributed by atoms with van der Waals surface area (Å²) in [6.45, 7) is 1.99. The van der Waals surface area contributed by atoms with Crippen molar-refractivity contribution >= 4 is 22.4 Å².